The van der Waals surface area contributed by atoms with Gasteiger partial charge in [-0.05, 0) is 66.7 Å². The van der Waals surface area contributed by atoms with E-state index in [1.54, 1.807) is 23.6 Å². The van der Waals surface area contributed by atoms with Crippen molar-refractivity contribution in [2.45, 2.75) is 68.7 Å². The number of hydrogen-bond donors (Lipinski definition) is 3. The summed E-state index contributed by atoms with van der Waals surface area (Å²) in [6.07, 6.45) is 1.61. The number of aliphatic hydroxyl groups excluding tert-OH is 1. The Kier molecular flexibility index (Phi) is 7.00. The van der Waals surface area contributed by atoms with Crippen LogP contribution in [0.3, 0.4) is 0 Å². The molecular weight excluding hydrogens is 554 g/mol. The zero-order chi connectivity index (χ0) is 31.4. The van der Waals surface area contributed by atoms with E-state index in [1.165, 1.54) is 0 Å². The van der Waals surface area contributed by atoms with Gasteiger partial charge in [-0.25, -0.2) is 0 Å². The molecule has 1 aromatic heterocycles. The molecule has 43 heavy (non-hydrogen) atoms. The largest absolute Gasteiger partial charge is 0.383 e. The average Bonchev–Trinajstić information content (AvgIpc) is 2.94. The number of alkyl halides is 2. The van der Waals surface area contributed by atoms with E-state index >= 15 is 8.78 Å². The van der Waals surface area contributed by atoms with Gasteiger partial charge in [-0.2, -0.15) is 8.78 Å². The number of fused-ring (bicyclic) bond motifs is 2. The Bertz CT molecular complexity index is 1460. The molecule has 12 heteroatoms. The van der Waals surface area contributed by atoms with Gasteiger partial charge >= 0.3 is 5.92 Å². The average molecular weight is 603 g/mol. The van der Waals surface area contributed by atoms with Crippen LogP contribution in [0.25, 0.3) is 0 Å². The molecule has 0 bridgehead atoms. The predicted molar refractivity (Wildman–Crippen MR) is 165 cm³/mol. The van der Waals surface area contributed by atoms with Gasteiger partial charge in [0.2, 0.25) is 5.43 Å². The van der Waals surface area contributed by atoms with Crippen molar-refractivity contribution in [3.63, 3.8) is 0 Å². The minimum absolute atomic E-state index is 0.0104. The van der Waals surface area contributed by atoms with E-state index in [2.05, 4.69) is 34.4 Å². The molecule has 3 atom stereocenters. The Hall–Kier alpha value is -2.67. The second kappa shape index (κ2) is 9.92. The highest BCUT2D eigenvalue weighted by molar-refractivity contribution is 5.72. The summed E-state index contributed by atoms with van der Waals surface area (Å²) in [5.74, 6) is -1.76. The summed E-state index contributed by atoms with van der Waals surface area (Å²) in [4.78, 5) is 24.4. The lowest BCUT2D eigenvalue weighted by atomic mass is 9.74. The van der Waals surface area contributed by atoms with Crippen LogP contribution in [0.5, 0.6) is 0 Å². The zero-order valence-corrected chi connectivity index (χ0v) is 27.1. The summed E-state index contributed by atoms with van der Waals surface area (Å²) in [6.45, 7) is 7.15. The van der Waals surface area contributed by atoms with Crippen LogP contribution in [0.2, 0.25) is 0 Å². The molecular formula is C31H48F2N8O2. The fourth-order valence-electron chi connectivity index (χ4n) is 8.62. The third-order valence-electron chi connectivity index (χ3n) is 10.9. The number of nitrogens with one attached hydrogen (secondary N) is 2. The predicted octanol–water partition coefficient (Wildman–Crippen LogP) is 1.92. The molecule has 6 rings (SSSR count). The van der Waals surface area contributed by atoms with E-state index in [0.717, 1.165) is 44.7 Å². The van der Waals surface area contributed by atoms with E-state index in [1.807, 2.05) is 44.9 Å². The summed E-state index contributed by atoms with van der Waals surface area (Å²) >= 11 is 0. The zero-order valence-electron chi connectivity index (χ0n) is 27.1. The monoisotopic (exact) mass is 602 g/mol. The molecule has 5 aliphatic rings. The highest BCUT2D eigenvalue weighted by Gasteiger charge is 2.59. The maximum Gasteiger partial charge on any atom is 0.307 e. The first kappa shape index (κ1) is 30.4. The van der Waals surface area contributed by atoms with E-state index < -0.39 is 28.6 Å². The molecule has 3 N–H and O–H groups in total. The maximum atomic E-state index is 17.4. The highest BCUT2D eigenvalue weighted by atomic mass is 19.3. The molecule has 1 aromatic rings. The van der Waals surface area contributed by atoms with Crippen LogP contribution >= 0.6 is 0 Å². The lowest BCUT2D eigenvalue weighted by Crippen LogP contribution is -2.65. The number of nitrogens with zero attached hydrogens (tertiary/aromatic N) is 6. The summed E-state index contributed by atoms with van der Waals surface area (Å²) in [7, 11) is 13.1. The van der Waals surface area contributed by atoms with Gasteiger partial charge in [-0.1, -0.05) is 0 Å². The Morgan fingerprint density at radius 3 is 2.09 bits per heavy atom. The quantitative estimate of drug-likeness (QED) is 0.481. The van der Waals surface area contributed by atoms with Crippen LogP contribution in [-0.4, -0.2) is 110 Å². The lowest BCUT2D eigenvalue weighted by molar-refractivity contribution is -0.00230. The number of pyridine rings is 1. The Morgan fingerprint density at radius 1 is 0.860 bits per heavy atom. The van der Waals surface area contributed by atoms with Crippen LogP contribution < -0.4 is 25.9 Å². The minimum atomic E-state index is -3.57. The number of halogens is 2. The molecule has 0 spiro atoms. The van der Waals surface area contributed by atoms with Crippen LogP contribution in [0.15, 0.2) is 27.6 Å². The highest BCUT2D eigenvalue weighted by Crippen LogP contribution is 2.55. The normalized spacial score (nSPS) is 30.3. The molecule has 10 nitrogen and oxygen atoms in total. The van der Waals surface area contributed by atoms with Crippen molar-refractivity contribution in [2.24, 2.45) is 7.05 Å². The molecule has 3 unspecified atom stereocenters. The molecule has 0 radical (unpaired) electrons. The van der Waals surface area contributed by atoms with Gasteiger partial charge in [0.25, 0.3) is 0 Å². The molecule has 5 aliphatic heterocycles. The number of aliphatic hydroxyl groups is 1. The molecule has 0 saturated carbocycles. The van der Waals surface area contributed by atoms with Crippen LogP contribution in [-0.2, 0) is 13.0 Å². The Morgan fingerprint density at radius 2 is 1.47 bits per heavy atom. The molecule has 1 fully saturated rings. The first-order chi connectivity index (χ1) is 20.1. The number of rotatable bonds is 3. The second-order valence-corrected chi connectivity index (χ2v) is 13.9. The first-order valence-corrected chi connectivity index (χ1v) is 15.5. The van der Waals surface area contributed by atoms with Crippen LogP contribution in [0.4, 0.5) is 20.4 Å². The number of aromatic nitrogens is 1. The SMILES string of the molecule is CNC1CCN(C)C2=C1C(O)c1c(n(C)c3c(c1=O)C(F)(F)C1=C(N(C)CCC1(C)NC1(C)CCN(C)CC1)N3C)N2C. The smallest absolute Gasteiger partial charge is 0.307 e. The fourth-order valence-corrected chi connectivity index (χ4v) is 8.62. The van der Waals surface area contributed by atoms with Crippen LogP contribution in [0, 0.1) is 0 Å². The van der Waals surface area contributed by atoms with Gasteiger partial charge in [0.05, 0.1) is 11.1 Å². The Balaban J connectivity index is 1.55. The van der Waals surface area contributed by atoms with Gasteiger partial charge in [0.1, 0.15) is 34.9 Å². The molecule has 0 aromatic carbocycles. The van der Waals surface area contributed by atoms with Crippen LogP contribution in [0.1, 0.15) is 56.8 Å². The Labute approximate surface area is 253 Å². The summed E-state index contributed by atoms with van der Waals surface area (Å²) in [6, 6.07) is -0.176. The van der Waals surface area contributed by atoms with E-state index in [0.29, 0.717) is 30.2 Å². The summed E-state index contributed by atoms with van der Waals surface area (Å²) < 4.78 is 36.5. The van der Waals surface area contributed by atoms with Crippen molar-refractivity contribution in [3.05, 3.63) is 44.1 Å². The van der Waals surface area contributed by atoms with Gasteiger partial charge in [0, 0.05) is 71.0 Å². The number of hydrogen-bond acceptors (Lipinski definition) is 9. The minimum Gasteiger partial charge on any atom is -0.383 e. The molecule has 1 saturated heterocycles. The second-order valence-electron chi connectivity index (χ2n) is 13.9. The van der Waals surface area contributed by atoms with E-state index in [9.17, 15) is 9.90 Å². The van der Waals surface area contributed by atoms with Gasteiger partial charge < -0.3 is 44.8 Å². The summed E-state index contributed by atoms with van der Waals surface area (Å²) in [5.41, 5.74) is -2.12. The first-order valence-electron chi connectivity index (χ1n) is 15.5. The van der Waals surface area contributed by atoms with Crippen molar-refractivity contribution in [2.75, 3.05) is 78.3 Å². The van der Waals surface area contributed by atoms with Crippen molar-refractivity contribution >= 4 is 11.6 Å². The number of anilines is 2. The fraction of sp³-hybridized carbons (Fsp3) is 0.710. The molecule has 6 heterocycles. The number of likely N-dealkylation sites (tertiary alicyclic amines) is 1. The molecule has 238 valence electrons. The molecule has 0 amide bonds. The lowest BCUT2D eigenvalue weighted by Gasteiger charge is -2.54. The third kappa shape index (κ3) is 4.19. The molecule has 0 aliphatic carbocycles. The van der Waals surface area contributed by atoms with Crippen molar-refractivity contribution in [1.29, 1.82) is 0 Å². The third-order valence-corrected chi connectivity index (χ3v) is 10.9. The van der Waals surface area contributed by atoms with Crippen molar-refractivity contribution in [3.8, 4) is 0 Å². The van der Waals surface area contributed by atoms with E-state index in [4.69, 9.17) is 0 Å². The standard InChI is InChI=1S/C31H48F2N8O2/c1-29(11-15-36(4)16-12-29)35-30(2)13-17-38(6)28-24(30)31(32,33)21-23(43)20-22(42)19-18(34-3)10-14-37(5)25(19)39(7)26(20)40(8)27(21)41(28)9/h18,22,34-35,42H,10-17H2,1-9H3. The van der Waals surface area contributed by atoms with Gasteiger partial charge in [-0.15, -0.1) is 0 Å². The van der Waals surface area contributed by atoms with Crippen molar-refractivity contribution < 1.29 is 13.9 Å². The maximum absolute atomic E-state index is 17.4. The summed E-state index contributed by atoms with van der Waals surface area (Å²) in [5, 5.41) is 18.8. The number of likely N-dealkylation sites (N-methyl/N-ethyl adjacent to an activating group) is 1. The van der Waals surface area contributed by atoms with Gasteiger partial charge in [-0.3, -0.25) is 4.79 Å². The van der Waals surface area contributed by atoms with Crippen molar-refractivity contribution in [1.82, 2.24) is 29.9 Å². The van der Waals surface area contributed by atoms with E-state index in [-0.39, 0.29) is 28.5 Å². The number of piperidine rings is 1. The van der Waals surface area contributed by atoms with Gasteiger partial charge in [0.15, 0.2) is 0 Å². The topological polar surface area (TPSA) is 82.5 Å².